The van der Waals surface area contributed by atoms with Crippen molar-refractivity contribution in [2.45, 2.75) is 26.9 Å². The minimum atomic E-state index is -0.351. The molecule has 27 heavy (non-hydrogen) atoms. The molecule has 7 nitrogen and oxygen atoms in total. The fourth-order valence-corrected chi connectivity index (χ4v) is 3.70. The number of benzene rings is 1. The number of esters is 1. The van der Waals surface area contributed by atoms with Gasteiger partial charge < -0.3 is 19.5 Å². The van der Waals surface area contributed by atoms with Crippen LogP contribution in [0.3, 0.4) is 0 Å². The Morgan fingerprint density at radius 3 is 2.63 bits per heavy atom. The molecule has 0 unspecified atom stereocenters. The van der Waals surface area contributed by atoms with Gasteiger partial charge in [-0.1, -0.05) is 0 Å². The van der Waals surface area contributed by atoms with Crippen LogP contribution in [-0.2, 0) is 4.74 Å². The molecule has 0 fully saturated rings. The molecule has 0 aliphatic rings. The Morgan fingerprint density at radius 2 is 1.96 bits per heavy atom. The maximum absolute atomic E-state index is 12.4. The number of thiophene rings is 1. The van der Waals surface area contributed by atoms with E-state index in [1.807, 2.05) is 39.0 Å². The van der Waals surface area contributed by atoms with Crippen LogP contribution in [0.4, 0.5) is 11.5 Å². The molecule has 0 amide bonds. The van der Waals surface area contributed by atoms with Crippen LogP contribution in [0.1, 0.15) is 29.1 Å². The van der Waals surface area contributed by atoms with Crippen molar-refractivity contribution in [1.29, 1.82) is 0 Å². The Labute approximate surface area is 161 Å². The maximum Gasteiger partial charge on any atom is 0.348 e. The average Bonchev–Trinajstić information content (AvgIpc) is 2.99. The number of carbonyl (C=O) groups excluding carboxylic acids is 1. The normalized spacial score (nSPS) is 10.9. The molecule has 3 rings (SSSR count). The molecule has 2 heterocycles. The van der Waals surface area contributed by atoms with Crippen molar-refractivity contribution < 1.29 is 19.0 Å². The van der Waals surface area contributed by atoms with E-state index in [2.05, 4.69) is 15.3 Å². The van der Waals surface area contributed by atoms with E-state index in [-0.39, 0.29) is 12.1 Å². The minimum absolute atomic E-state index is 0.188. The molecule has 0 aliphatic carbocycles. The van der Waals surface area contributed by atoms with Crippen molar-refractivity contribution in [2.24, 2.45) is 0 Å². The first-order chi connectivity index (χ1) is 12.9. The molecular formula is C19H21N3O4S. The number of hydrogen-bond donors (Lipinski definition) is 1. The monoisotopic (exact) mass is 387 g/mol. The highest BCUT2D eigenvalue weighted by Crippen LogP contribution is 2.37. The van der Waals surface area contributed by atoms with Gasteiger partial charge >= 0.3 is 5.97 Å². The summed E-state index contributed by atoms with van der Waals surface area (Å²) in [5, 5.41) is 4.05. The summed E-state index contributed by atoms with van der Waals surface area (Å²) in [7, 11) is 3.20. The Kier molecular flexibility index (Phi) is 5.46. The summed E-state index contributed by atoms with van der Waals surface area (Å²) in [6.45, 7) is 5.51. The number of nitrogens with zero attached hydrogens (tertiary/aromatic N) is 2. The molecule has 3 aromatic rings. The van der Waals surface area contributed by atoms with Crippen LogP contribution in [0.5, 0.6) is 11.5 Å². The molecule has 0 atom stereocenters. The minimum Gasteiger partial charge on any atom is -0.497 e. The summed E-state index contributed by atoms with van der Waals surface area (Å²) in [5.74, 6) is 1.57. The van der Waals surface area contributed by atoms with Crippen molar-refractivity contribution in [1.82, 2.24) is 9.97 Å². The first-order valence-electron chi connectivity index (χ1n) is 8.38. The lowest BCUT2D eigenvalue weighted by Crippen LogP contribution is -2.11. The molecule has 0 aliphatic heterocycles. The van der Waals surface area contributed by atoms with Crippen molar-refractivity contribution in [3.05, 3.63) is 35.0 Å². The second-order valence-corrected chi connectivity index (χ2v) is 7.10. The van der Waals surface area contributed by atoms with Gasteiger partial charge in [0.05, 0.1) is 31.4 Å². The van der Waals surface area contributed by atoms with Crippen molar-refractivity contribution in [3.8, 4) is 11.5 Å². The summed E-state index contributed by atoms with van der Waals surface area (Å²) in [4.78, 5) is 22.3. The molecule has 1 aromatic carbocycles. The third kappa shape index (κ3) is 3.80. The number of ether oxygens (including phenoxy) is 3. The summed E-state index contributed by atoms with van der Waals surface area (Å²) < 4.78 is 16.0. The van der Waals surface area contributed by atoms with Crippen LogP contribution in [0.2, 0.25) is 0 Å². The third-order valence-corrected chi connectivity index (χ3v) is 5.09. The molecule has 0 saturated carbocycles. The van der Waals surface area contributed by atoms with Crippen molar-refractivity contribution in [3.63, 3.8) is 0 Å². The van der Waals surface area contributed by atoms with E-state index in [0.717, 1.165) is 10.9 Å². The van der Waals surface area contributed by atoms with E-state index < -0.39 is 0 Å². The van der Waals surface area contributed by atoms with Crippen LogP contribution < -0.4 is 14.8 Å². The lowest BCUT2D eigenvalue weighted by molar-refractivity contribution is 0.0383. The van der Waals surface area contributed by atoms with Gasteiger partial charge in [-0.3, -0.25) is 0 Å². The zero-order valence-electron chi connectivity index (χ0n) is 15.8. The molecular weight excluding hydrogens is 366 g/mol. The summed E-state index contributed by atoms with van der Waals surface area (Å²) in [5.41, 5.74) is 1.49. The molecule has 0 spiro atoms. The van der Waals surface area contributed by atoms with Gasteiger partial charge in [0.15, 0.2) is 0 Å². The van der Waals surface area contributed by atoms with Gasteiger partial charge in [-0.25, -0.2) is 14.8 Å². The number of methoxy groups -OCH3 is 2. The highest BCUT2D eigenvalue weighted by Gasteiger charge is 2.21. The molecule has 0 saturated heterocycles. The van der Waals surface area contributed by atoms with E-state index in [1.165, 1.54) is 17.7 Å². The number of aryl methyl sites for hydroxylation is 1. The SMILES string of the molecule is COc1ccc(OC)c(Nc2ncnc3sc(C(=O)OC(C)C)c(C)c23)c1. The van der Waals surface area contributed by atoms with E-state index in [1.54, 1.807) is 14.2 Å². The number of rotatable bonds is 6. The van der Waals surface area contributed by atoms with E-state index in [4.69, 9.17) is 14.2 Å². The van der Waals surface area contributed by atoms with Gasteiger partial charge in [0, 0.05) is 6.07 Å². The van der Waals surface area contributed by atoms with Crippen LogP contribution >= 0.6 is 11.3 Å². The fraction of sp³-hybridized carbons (Fsp3) is 0.316. The fourth-order valence-electron chi connectivity index (χ4n) is 2.67. The number of carbonyl (C=O) groups is 1. The molecule has 142 valence electrons. The quantitative estimate of drug-likeness (QED) is 0.631. The highest BCUT2D eigenvalue weighted by atomic mass is 32.1. The molecule has 8 heteroatoms. The number of nitrogens with one attached hydrogen (secondary N) is 1. The molecule has 2 aromatic heterocycles. The standard InChI is InChI=1S/C19H21N3O4S/c1-10(2)26-19(23)16-11(3)15-17(20-9-21-18(15)27-16)22-13-8-12(24-4)6-7-14(13)25-5/h6-10H,1-5H3,(H,20,21,22). The number of aromatic nitrogens is 2. The van der Waals surface area contributed by atoms with Crippen LogP contribution in [0.25, 0.3) is 10.2 Å². The zero-order valence-corrected chi connectivity index (χ0v) is 16.6. The van der Waals surface area contributed by atoms with Crippen LogP contribution in [-0.4, -0.2) is 36.3 Å². The van der Waals surface area contributed by atoms with E-state index in [9.17, 15) is 4.79 Å². The summed E-state index contributed by atoms with van der Waals surface area (Å²) >= 11 is 1.29. The van der Waals surface area contributed by atoms with E-state index in [0.29, 0.717) is 32.7 Å². The van der Waals surface area contributed by atoms with E-state index >= 15 is 0 Å². The predicted molar refractivity (Wildman–Crippen MR) is 106 cm³/mol. The molecule has 1 N–H and O–H groups in total. The van der Waals surface area contributed by atoms with Gasteiger partial charge in [0.1, 0.15) is 33.4 Å². The average molecular weight is 387 g/mol. The summed E-state index contributed by atoms with van der Waals surface area (Å²) in [6, 6.07) is 5.45. The van der Waals surface area contributed by atoms with Gasteiger partial charge in [-0.05, 0) is 38.5 Å². The maximum atomic E-state index is 12.4. The summed E-state index contributed by atoms with van der Waals surface area (Å²) in [6.07, 6.45) is 1.27. The second-order valence-electron chi connectivity index (χ2n) is 6.10. The van der Waals surface area contributed by atoms with Crippen molar-refractivity contribution >= 4 is 39.0 Å². The third-order valence-electron chi connectivity index (χ3n) is 3.91. The van der Waals surface area contributed by atoms with Crippen molar-refractivity contribution in [2.75, 3.05) is 19.5 Å². The first-order valence-corrected chi connectivity index (χ1v) is 9.20. The Balaban J connectivity index is 2.06. The van der Waals surface area contributed by atoms with Crippen LogP contribution in [0, 0.1) is 6.92 Å². The van der Waals surface area contributed by atoms with Gasteiger partial charge in [0.2, 0.25) is 0 Å². The van der Waals surface area contributed by atoms with Crippen LogP contribution in [0.15, 0.2) is 24.5 Å². The largest absolute Gasteiger partial charge is 0.497 e. The smallest absolute Gasteiger partial charge is 0.348 e. The van der Waals surface area contributed by atoms with Gasteiger partial charge in [-0.15, -0.1) is 11.3 Å². The second kappa shape index (κ2) is 7.79. The number of anilines is 2. The lowest BCUT2D eigenvalue weighted by atomic mass is 10.2. The molecule has 0 bridgehead atoms. The first kappa shape index (κ1) is 18.9. The molecule has 0 radical (unpaired) electrons. The topological polar surface area (TPSA) is 82.6 Å². The van der Waals surface area contributed by atoms with Gasteiger partial charge in [0.25, 0.3) is 0 Å². The number of fused-ring (bicyclic) bond motifs is 1. The Hall–Kier alpha value is -2.87. The van der Waals surface area contributed by atoms with Gasteiger partial charge in [-0.2, -0.15) is 0 Å². The lowest BCUT2D eigenvalue weighted by Gasteiger charge is -2.13. The number of hydrogen-bond acceptors (Lipinski definition) is 8. The Morgan fingerprint density at radius 1 is 1.19 bits per heavy atom. The zero-order chi connectivity index (χ0) is 19.6. The Bertz CT molecular complexity index is 984. The highest BCUT2D eigenvalue weighted by molar-refractivity contribution is 7.20. The predicted octanol–water partition coefficient (Wildman–Crippen LogP) is 4.33.